The number of hydrogen-bond acceptors (Lipinski definition) is 6. The second-order valence-corrected chi connectivity index (χ2v) is 11.0. The van der Waals surface area contributed by atoms with Crippen molar-refractivity contribution in [3.8, 4) is 5.75 Å². The van der Waals surface area contributed by atoms with Gasteiger partial charge in [0.25, 0.3) is 11.8 Å². The average Bonchev–Trinajstić information content (AvgIpc) is 3.32. The standard InChI is InChI=1S/C30H38FN3O6/c1-30(2,3)40-29(37)34-13-14-38-21(18-34)11-8-12-33-27(35)20-15-22-25(19-9-6-5-7-10-19)24(17-31)39-26(22)23(16-20)28(36)32-4/h5-7,9-10,15-16,21,24-25H,8,11-14,17-18H2,1-4H3,(H,32,36)(H,33,35)/t21?,24-,25+/m1/s1. The number of alkyl halides is 1. The third-order valence-corrected chi connectivity index (χ3v) is 6.92. The summed E-state index contributed by atoms with van der Waals surface area (Å²) in [6, 6.07) is 12.5. The number of carbonyl (C=O) groups excluding carboxylic acids is 3. The van der Waals surface area contributed by atoms with E-state index in [9.17, 15) is 18.8 Å². The fraction of sp³-hybridized carbons (Fsp3) is 0.500. The maximum absolute atomic E-state index is 14.0. The topological polar surface area (TPSA) is 106 Å². The molecule has 0 spiro atoms. The molecule has 2 aromatic carbocycles. The monoisotopic (exact) mass is 555 g/mol. The average molecular weight is 556 g/mol. The van der Waals surface area contributed by atoms with Crippen LogP contribution in [0.2, 0.25) is 0 Å². The molecule has 2 aromatic rings. The Balaban J connectivity index is 1.41. The molecule has 0 bridgehead atoms. The van der Waals surface area contributed by atoms with Crippen LogP contribution in [0.4, 0.5) is 9.18 Å². The second kappa shape index (κ2) is 12.7. The zero-order valence-corrected chi connectivity index (χ0v) is 23.5. The minimum absolute atomic E-state index is 0.153. The van der Waals surface area contributed by atoms with Crippen LogP contribution < -0.4 is 15.4 Å². The second-order valence-electron chi connectivity index (χ2n) is 11.0. The summed E-state index contributed by atoms with van der Waals surface area (Å²) in [7, 11) is 1.50. The lowest BCUT2D eigenvalue weighted by Crippen LogP contribution is -2.47. The minimum atomic E-state index is -0.796. The predicted octanol–water partition coefficient (Wildman–Crippen LogP) is 4.05. The summed E-state index contributed by atoms with van der Waals surface area (Å²) in [6.45, 7) is 6.47. The van der Waals surface area contributed by atoms with Crippen molar-refractivity contribution >= 4 is 17.9 Å². The van der Waals surface area contributed by atoms with E-state index in [4.69, 9.17) is 14.2 Å². The fourth-order valence-electron chi connectivity index (χ4n) is 5.06. The molecule has 3 atom stereocenters. The van der Waals surface area contributed by atoms with Crippen LogP contribution in [0.15, 0.2) is 42.5 Å². The number of nitrogens with zero attached hydrogens (tertiary/aromatic N) is 1. The van der Waals surface area contributed by atoms with Crippen LogP contribution in [0.1, 0.15) is 71.4 Å². The predicted molar refractivity (Wildman–Crippen MR) is 148 cm³/mol. The smallest absolute Gasteiger partial charge is 0.410 e. The number of benzene rings is 2. The van der Waals surface area contributed by atoms with Crippen molar-refractivity contribution in [3.05, 3.63) is 64.7 Å². The quantitative estimate of drug-likeness (QED) is 0.476. The van der Waals surface area contributed by atoms with Gasteiger partial charge < -0.3 is 29.7 Å². The van der Waals surface area contributed by atoms with Crippen LogP contribution in [0.3, 0.4) is 0 Å². The lowest BCUT2D eigenvalue weighted by molar-refractivity contribution is -0.0449. The number of fused-ring (bicyclic) bond motifs is 1. The number of amides is 3. The lowest BCUT2D eigenvalue weighted by atomic mass is 9.86. The number of carbonyl (C=O) groups is 3. The van der Waals surface area contributed by atoms with Gasteiger partial charge in [0, 0.05) is 31.3 Å². The Morgan fingerprint density at radius 3 is 2.55 bits per heavy atom. The molecule has 0 aliphatic carbocycles. The Labute approximate surface area is 234 Å². The molecule has 1 saturated heterocycles. The number of nitrogens with one attached hydrogen (secondary N) is 2. The first kappa shape index (κ1) is 29.3. The summed E-state index contributed by atoms with van der Waals surface area (Å²) in [4.78, 5) is 39.9. The Kier molecular flexibility index (Phi) is 9.29. The van der Waals surface area contributed by atoms with Crippen molar-refractivity contribution in [2.75, 3.05) is 40.0 Å². The van der Waals surface area contributed by atoms with E-state index in [0.717, 1.165) is 5.56 Å². The maximum Gasteiger partial charge on any atom is 0.410 e. The molecule has 2 aliphatic heterocycles. The molecule has 2 heterocycles. The van der Waals surface area contributed by atoms with Crippen molar-refractivity contribution in [1.82, 2.24) is 15.5 Å². The van der Waals surface area contributed by atoms with E-state index in [0.29, 0.717) is 56.0 Å². The molecule has 2 N–H and O–H groups in total. The van der Waals surface area contributed by atoms with Gasteiger partial charge in [0.15, 0.2) is 0 Å². The fourth-order valence-corrected chi connectivity index (χ4v) is 5.06. The third kappa shape index (κ3) is 6.91. The van der Waals surface area contributed by atoms with E-state index in [1.165, 1.54) is 13.1 Å². The molecule has 9 nitrogen and oxygen atoms in total. The molecule has 1 unspecified atom stereocenters. The van der Waals surface area contributed by atoms with E-state index < -0.39 is 30.2 Å². The molecule has 2 aliphatic rings. The van der Waals surface area contributed by atoms with Gasteiger partial charge in [-0.05, 0) is 51.3 Å². The highest BCUT2D eigenvalue weighted by Gasteiger charge is 2.39. The van der Waals surface area contributed by atoms with Gasteiger partial charge in [-0.1, -0.05) is 30.3 Å². The molecule has 0 saturated carbocycles. The van der Waals surface area contributed by atoms with Crippen molar-refractivity contribution < 1.29 is 33.0 Å². The summed E-state index contributed by atoms with van der Waals surface area (Å²) >= 11 is 0. The summed E-state index contributed by atoms with van der Waals surface area (Å²) in [5.74, 6) is -0.908. The Morgan fingerprint density at radius 2 is 1.88 bits per heavy atom. The van der Waals surface area contributed by atoms with Crippen molar-refractivity contribution in [2.45, 2.75) is 57.3 Å². The van der Waals surface area contributed by atoms with Gasteiger partial charge in [0.1, 0.15) is 24.1 Å². The number of ether oxygens (including phenoxy) is 3. The normalized spacial score (nSPS) is 20.3. The van der Waals surface area contributed by atoms with Gasteiger partial charge in [-0.3, -0.25) is 9.59 Å². The molecular formula is C30H38FN3O6. The van der Waals surface area contributed by atoms with E-state index >= 15 is 0 Å². The number of hydrogen-bond donors (Lipinski definition) is 2. The van der Waals surface area contributed by atoms with E-state index in [1.807, 2.05) is 51.1 Å². The molecule has 40 heavy (non-hydrogen) atoms. The summed E-state index contributed by atoms with van der Waals surface area (Å²) in [6.07, 6.45) is -0.0272. The zero-order chi connectivity index (χ0) is 28.9. The highest BCUT2D eigenvalue weighted by molar-refractivity contribution is 6.02. The molecule has 10 heteroatoms. The van der Waals surface area contributed by atoms with Crippen LogP contribution in [-0.4, -0.2) is 80.6 Å². The number of morpholine rings is 1. The first-order valence-electron chi connectivity index (χ1n) is 13.7. The van der Waals surface area contributed by atoms with Gasteiger partial charge in [-0.25, -0.2) is 9.18 Å². The van der Waals surface area contributed by atoms with Gasteiger partial charge in [-0.15, -0.1) is 0 Å². The molecule has 0 aromatic heterocycles. The summed E-state index contributed by atoms with van der Waals surface area (Å²) < 4.78 is 31.2. The molecule has 1 fully saturated rings. The SMILES string of the molecule is CNC(=O)c1cc(C(=O)NCCCC2CN(C(=O)OC(C)(C)C)CCO2)cc2c1O[C@H](CF)[C@H]2c1ccccc1. The van der Waals surface area contributed by atoms with Crippen molar-refractivity contribution in [3.63, 3.8) is 0 Å². The summed E-state index contributed by atoms with van der Waals surface area (Å²) in [5, 5.41) is 5.49. The third-order valence-electron chi connectivity index (χ3n) is 6.92. The van der Waals surface area contributed by atoms with E-state index in [1.54, 1.807) is 11.0 Å². The molecule has 4 rings (SSSR count). The molecular weight excluding hydrogens is 517 g/mol. The van der Waals surface area contributed by atoms with Gasteiger partial charge >= 0.3 is 6.09 Å². The molecule has 216 valence electrons. The molecule has 0 radical (unpaired) electrons. The van der Waals surface area contributed by atoms with Crippen LogP contribution in [0, 0.1) is 0 Å². The maximum atomic E-state index is 14.0. The van der Waals surface area contributed by atoms with E-state index in [2.05, 4.69) is 10.6 Å². The van der Waals surface area contributed by atoms with Crippen molar-refractivity contribution in [1.29, 1.82) is 0 Å². The largest absolute Gasteiger partial charge is 0.486 e. The van der Waals surface area contributed by atoms with Gasteiger partial charge in [0.2, 0.25) is 0 Å². The zero-order valence-electron chi connectivity index (χ0n) is 23.5. The molecule has 3 amide bonds. The Morgan fingerprint density at radius 1 is 1.12 bits per heavy atom. The lowest BCUT2D eigenvalue weighted by Gasteiger charge is -2.34. The first-order valence-corrected chi connectivity index (χ1v) is 13.7. The Hall–Kier alpha value is -3.66. The number of halogens is 1. The van der Waals surface area contributed by atoms with Gasteiger partial charge in [-0.2, -0.15) is 0 Å². The van der Waals surface area contributed by atoms with Crippen molar-refractivity contribution in [2.24, 2.45) is 0 Å². The number of rotatable bonds is 8. The van der Waals surface area contributed by atoms with E-state index in [-0.39, 0.29) is 23.7 Å². The van der Waals surface area contributed by atoms with Crippen LogP contribution in [0.5, 0.6) is 5.75 Å². The summed E-state index contributed by atoms with van der Waals surface area (Å²) in [5.41, 5.74) is 1.38. The highest BCUT2D eigenvalue weighted by Crippen LogP contribution is 2.45. The van der Waals surface area contributed by atoms with Gasteiger partial charge in [0.05, 0.1) is 30.7 Å². The van der Waals surface area contributed by atoms with Crippen LogP contribution in [-0.2, 0) is 9.47 Å². The Bertz CT molecular complexity index is 1220. The van der Waals surface area contributed by atoms with Crippen LogP contribution in [0.25, 0.3) is 0 Å². The van der Waals surface area contributed by atoms with Crippen LogP contribution >= 0.6 is 0 Å². The first-order chi connectivity index (χ1) is 19.1. The highest BCUT2D eigenvalue weighted by atomic mass is 19.1. The minimum Gasteiger partial charge on any atom is -0.486 e.